The molecule has 1 aliphatic rings. The van der Waals surface area contributed by atoms with Gasteiger partial charge in [-0.2, -0.15) is 13.2 Å². The summed E-state index contributed by atoms with van der Waals surface area (Å²) in [6, 6.07) is 4.27. The molecule has 1 aromatic rings. The first-order valence-corrected chi connectivity index (χ1v) is 5.26. The monoisotopic (exact) mass is 244 g/mol. The van der Waals surface area contributed by atoms with Crippen LogP contribution in [0, 0.1) is 5.92 Å². The number of carbonyl (C=O) groups excluding carboxylic acids is 1. The summed E-state index contributed by atoms with van der Waals surface area (Å²) in [7, 11) is 0. The first-order valence-electron chi connectivity index (χ1n) is 5.26. The maximum Gasteiger partial charge on any atom is 0.416 e. The number of esters is 1. The molecule has 92 valence electrons. The second kappa shape index (κ2) is 4.05. The highest BCUT2D eigenvalue weighted by molar-refractivity contribution is 5.89. The minimum absolute atomic E-state index is 0.0566. The van der Waals surface area contributed by atoms with Gasteiger partial charge in [-0.15, -0.1) is 0 Å². The zero-order valence-corrected chi connectivity index (χ0v) is 9.12. The Hall–Kier alpha value is -1.52. The molecule has 1 fully saturated rings. The molecule has 0 spiro atoms. The molecular formula is C12H11F3O2. The van der Waals surface area contributed by atoms with E-state index in [1.165, 1.54) is 12.1 Å². The van der Waals surface area contributed by atoms with E-state index >= 15 is 0 Å². The Bertz CT molecular complexity index is 440. The molecule has 0 amide bonds. The number of hydrogen-bond acceptors (Lipinski definition) is 2. The van der Waals surface area contributed by atoms with E-state index in [9.17, 15) is 18.0 Å². The van der Waals surface area contributed by atoms with Crippen LogP contribution in [0.25, 0.3) is 0 Å². The van der Waals surface area contributed by atoms with Gasteiger partial charge in [-0.1, -0.05) is 13.0 Å². The summed E-state index contributed by atoms with van der Waals surface area (Å²) in [6.45, 7) is 1.92. The molecule has 0 bridgehead atoms. The van der Waals surface area contributed by atoms with E-state index < -0.39 is 17.7 Å². The fraction of sp³-hybridized carbons (Fsp3) is 0.417. The lowest BCUT2D eigenvalue weighted by Gasteiger charge is -2.08. The molecule has 2 unspecified atom stereocenters. The number of halogens is 3. The van der Waals surface area contributed by atoms with Crippen molar-refractivity contribution in [1.82, 2.24) is 0 Å². The minimum Gasteiger partial charge on any atom is -0.458 e. The van der Waals surface area contributed by atoms with Gasteiger partial charge in [0.2, 0.25) is 0 Å². The lowest BCUT2D eigenvalue weighted by atomic mass is 10.1. The van der Waals surface area contributed by atoms with Crippen molar-refractivity contribution >= 4 is 5.97 Å². The topological polar surface area (TPSA) is 26.3 Å². The van der Waals surface area contributed by atoms with Crippen LogP contribution in [-0.4, -0.2) is 12.1 Å². The Kier molecular flexibility index (Phi) is 2.85. The van der Waals surface area contributed by atoms with Crippen LogP contribution in [0.3, 0.4) is 0 Å². The first-order chi connectivity index (χ1) is 7.88. The van der Waals surface area contributed by atoms with Gasteiger partial charge in [0.1, 0.15) is 6.10 Å². The standard InChI is InChI=1S/C12H11F3O2/c1-7-5-10(7)17-11(16)8-3-2-4-9(6-8)12(13,14)15/h2-4,6-7,10H,5H2,1H3. The van der Waals surface area contributed by atoms with E-state index in [1.807, 2.05) is 6.92 Å². The summed E-state index contributed by atoms with van der Waals surface area (Å²) in [5.41, 5.74) is -0.894. The predicted molar refractivity (Wildman–Crippen MR) is 54.4 cm³/mol. The number of rotatable bonds is 2. The van der Waals surface area contributed by atoms with E-state index in [4.69, 9.17) is 4.74 Å². The molecule has 1 saturated carbocycles. The van der Waals surface area contributed by atoms with Crippen molar-refractivity contribution in [3.8, 4) is 0 Å². The van der Waals surface area contributed by atoms with E-state index in [0.29, 0.717) is 5.92 Å². The van der Waals surface area contributed by atoms with E-state index in [-0.39, 0.29) is 11.7 Å². The zero-order valence-electron chi connectivity index (χ0n) is 9.12. The first kappa shape index (κ1) is 12.0. The van der Waals surface area contributed by atoms with Crippen LogP contribution in [0.15, 0.2) is 24.3 Å². The molecule has 0 radical (unpaired) electrons. The Morgan fingerprint density at radius 1 is 1.41 bits per heavy atom. The highest BCUT2D eigenvalue weighted by Crippen LogP contribution is 2.34. The van der Waals surface area contributed by atoms with Gasteiger partial charge in [0.05, 0.1) is 11.1 Å². The average molecular weight is 244 g/mol. The van der Waals surface area contributed by atoms with Crippen molar-refractivity contribution in [3.05, 3.63) is 35.4 Å². The highest BCUT2D eigenvalue weighted by atomic mass is 19.4. The molecule has 0 N–H and O–H groups in total. The molecule has 0 aliphatic heterocycles. The Labute approximate surface area is 96.4 Å². The molecule has 0 saturated heterocycles. The van der Waals surface area contributed by atoms with Gasteiger partial charge in [-0.3, -0.25) is 0 Å². The van der Waals surface area contributed by atoms with Gasteiger partial charge in [0, 0.05) is 0 Å². The Morgan fingerprint density at radius 3 is 2.59 bits per heavy atom. The summed E-state index contributed by atoms with van der Waals surface area (Å²) < 4.78 is 42.3. The molecule has 17 heavy (non-hydrogen) atoms. The van der Waals surface area contributed by atoms with Crippen molar-refractivity contribution in [3.63, 3.8) is 0 Å². The highest BCUT2D eigenvalue weighted by Gasteiger charge is 2.37. The van der Waals surface area contributed by atoms with Gasteiger partial charge < -0.3 is 4.74 Å². The van der Waals surface area contributed by atoms with Gasteiger partial charge in [-0.25, -0.2) is 4.79 Å². The molecule has 2 rings (SSSR count). The quantitative estimate of drug-likeness (QED) is 0.746. The third-order valence-corrected chi connectivity index (χ3v) is 2.72. The summed E-state index contributed by atoms with van der Waals surface area (Å²) in [4.78, 5) is 11.5. The fourth-order valence-corrected chi connectivity index (χ4v) is 1.48. The Morgan fingerprint density at radius 2 is 2.06 bits per heavy atom. The normalized spacial score (nSPS) is 23.3. The van der Waals surface area contributed by atoms with Gasteiger partial charge in [0.25, 0.3) is 0 Å². The second-order valence-corrected chi connectivity index (χ2v) is 4.24. The smallest absolute Gasteiger partial charge is 0.416 e. The third kappa shape index (κ3) is 2.78. The van der Waals surface area contributed by atoms with Crippen molar-refractivity contribution in [2.75, 3.05) is 0 Å². The zero-order chi connectivity index (χ0) is 12.6. The maximum absolute atomic E-state index is 12.4. The van der Waals surface area contributed by atoms with Crippen LogP contribution in [0.2, 0.25) is 0 Å². The number of hydrogen-bond donors (Lipinski definition) is 0. The third-order valence-electron chi connectivity index (χ3n) is 2.72. The summed E-state index contributed by atoms with van der Waals surface area (Å²) in [5.74, 6) is -0.379. The van der Waals surface area contributed by atoms with Gasteiger partial charge in [-0.05, 0) is 30.5 Å². The van der Waals surface area contributed by atoms with Crippen LogP contribution in [0.5, 0.6) is 0 Å². The summed E-state index contributed by atoms with van der Waals surface area (Å²) in [5, 5.41) is 0. The molecule has 5 heteroatoms. The lowest BCUT2D eigenvalue weighted by molar-refractivity contribution is -0.137. The molecule has 0 heterocycles. The van der Waals surface area contributed by atoms with E-state index in [1.54, 1.807) is 0 Å². The molecule has 1 aliphatic carbocycles. The second-order valence-electron chi connectivity index (χ2n) is 4.24. The maximum atomic E-state index is 12.4. The molecule has 2 nitrogen and oxygen atoms in total. The number of alkyl halides is 3. The van der Waals surface area contributed by atoms with Crippen molar-refractivity contribution in [2.24, 2.45) is 5.92 Å². The van der Waals surface area contributed by atoms with Crippen molar-refractivity contribution < 1.29 is 22.7 Å². The number of ether oxygens (including phenoxy) is 1. The van der Waals surface area contributed by atoms with Crippen molar-refractivity contribution in [1.29, 1.82) is 0 Å². The summed E-state index contributed by atoms with van der Waals surface area (Å²) >= 11 is 0. The average Bonchev–Trinajstić information content (AvgIpc) is 2.93. The fourth-order valence-electron chi connectivity index (χ4n) is 1.48. The van der Waals surface area contributed by atoms with Crippen LogP contribution in [0.4, 0.5) is 13.2 Å². The van der Waals surface area contributed by atoms with Gasteiger partial charge in [0.15, 0.2) is 0 Å². The molecule has 1 aromatic carbocycles. The van der Waals surface area contributed by atoms with Crippen LogP contribution >= 0.6 is 0 Å². The Balaban J connectivity index is 2.13. The molecular weight excluding hydrogens is 233 g/mol. The largest absolute Gasteiger partial charge is 0.458 e. The van der Waals surface area contributed by atoms with Crippen LogP contribution < -0.4 is 0 Å². The van der Waals surface area contributed by atoms with Crippen molar-refractivity contribution in [2.45, 2.75) is 25.6 Å². The number of benzene rings is 1. The van der Waals surface area contributed by atoms with Crippen LogP contribution in [-0.2, 0) is 10.9 Å². The van der Waals surface area contributed by atoms with Crippen LogP contribution in [0.1, 0.15) is 29.3 Å². The van der Waals surface area contributed by atoms with Gasteiger partial charge >= 0.3 is 12.1 Å². The lowest BCUT2D eigenvalue weighted by Crippen LogP contribution is -2.11. The predicted octanol–water partition coefficient (Wildman–Crippen LogP) is 3.27. The summed E-state index contributed by atoms with van der Waals surface area (Å²) in [6.07, 6.45) is -3.80. The minimum atomic E-state index is -4.44. The van der Waals surface area contributed by atoms with E-state index in [0.717, 1.165) is 18.6 Å². The SMILES string of the molecule is CC1CC1OC(=O)c1cccc(C(F)(F)F)c1. The number of carbonyl (C=O) groups is 1. The van der Waals surface area contributed by atoms with E-state index in [2.05, 4.69) is 0 Å². The molecule has 0 aromatic heterocycles. The molecule has 2 atom stereocenters.